The minimum Gasteiger partial charge on any atom is -0.489 e. The third-order valence-electron chi connectivity index (χ3n) is 2.93. The maximum atomic E-state index is 5.71. The van der Waals surface area contributed by atoms with E-state index in [1.807, 2.05) is 42.6 Å². The highest BCUT2D eigenvalue weighted by atomic mass is 16.5. The average molecular weight is 253 g/mol. The Balaban J connectivity index is 1.63. The Bertz CT molecular complexity index is 564. The lowest BCUT2D eigenvalue weighted by Crippen LogP contribution is -2.19. The number of hydrogen-bond donors (Lipinski definition) is 1. The summed E-state index contributed by atoms with van der Waals surface area (Å²) in [5.74, 6) is 1.82. The van der Waals surface area contributed by atoms with Gasteiger partial charge in [-0.05, 0) is 30.3 Å². The normalized spacial score (nSPS) is 13.8. The third-order valence-corrected chi connectivity index (χ3v) is 2.93. The second-order valence-corrected chi connectivity index (χ2v) is 4.33. The number of nitrogens with zero attached hydrogens (tertiary/aromatic N) is 2. The average Bonchev–Trinajstić information content (AvgIpc) is 3.01. The smallest absolute Gasteiger partial charge is 0.128 e. The quantitative estimate of drug-likeness (QED) is 0.906. The lowest BCUT2D eigenvalue weighted by Gasteiger charge is -2.07. The van der Waals surface area contributed by atoms with E-state index in [0.29, 0.717) is 6.61 Å². The van der Waals surface area contributed by atoms with Gasteiger partial charge in [0.15, 0.2) is 0 Å². The number of ether oxygens (including phenoxy) is 1. The van der Waals surface area contributed by atoms with E-state index in [1.165, 1.54) is 0 Å². The molecular formula is C15H15N3O. The third kappa shape index (κ3) is 2.91. The van der Waals surface area contributed by atoms with Crippen LogP contribution in [0.25, 0.3) is 0 Å². The Labute approximate surface area is 112 Å². The molecule has 0 saturated carbocycles. The van der Waals surface area contributed by atoms with Gasteiger partial charge in [-0.15, -0.1) is 0 Å². The topological polar surface area (TPSA) is 46.5 Å². The van der Waals surface area contributed by atoms with Crippen molar-refractivity contribution in [3.05, 3.63) is 59.9 Å². The molecule has 0 unspecified atom stereocenters. The standard InChI is InChI=1S/C15H15N3O/c1-2-12(10-16-7-1)11-19-14-5-3-13(4-6-14)15-17-8-9-18-15/h1-7,10H,8-9,11H2,(H,17,18). The maximum Gasteiger partial charge on any atom is 0.128 e. The largest absolute Gasteiger partial charge is 0.489 e. The number of aromatic nitrogens is 1. The van der Waals surface area contributed by atoms with Gasteiger partial charge in [-0.1, -0.05) is 6.07 Å². The van der Waals surface area contributed by atoms with Gasteiger partial charge in [0.25, 0.3) is 0 Å². The maximum absolute atomic E-state index is 5.71. The van der Waals surface area contributed by atoms with Crippen LogP contribution in [0.4, 0.5) is 0 Å². The summed E-state index contributed by atoms with van der Waals surface area (Å²) in [5, 5.41) is 3.25. The summed E-state index contributed by atoms with van der Waals surface area (Å²) in [5.41, 5.74) is 2.17. The molecule has 19 heavy (non-hydrogen) atoms. The summed E-state index contributed by atoms with van der Waals surface area (Å²) < 4.78 is 5.71. The molecule has 1 aliphatic rings. The van der Waals surface area contributed by atoms with Crippen LogP contribution in [0.3, 0.4) is 0 Å². The second-order valence-electron chi connectivity index (χ2n) is 4.33. The fraction of sp³-hybridized carbons (Fsp3) is 0.200. The molecule has 1 N–H and O–H groups in total. The van der Waals surface area contributed by atoms with E-state index in [0.717, 1.165) is 35.8 Å². The Morgan fingerprint density at radius 3 is 2.74 bits per heavy atom. The molecule has 0 saturated heterocycles. The molecule has 0 radical (unpaired) electrons. The van der Waals surface area contributed by atoms with Crippen molar-refractivity contribution in [2.75, 3.05) is 13.1 Å². The van der Waals surface area contributed by atoms with Crippen molar-refractivity contribution in [3.63, 3.8) is 0 Å². The molecule has 96 valence electrons. The first-order chi connectivity index (χ1) is 9.42. The second kappa shape index (κ2) is 5.52. The minimum absolute atomic E-state index is 0.534. The van der Waals surface area contributed by atoms with Crippen molar-refractivity contribution in [1.29, 1.82) is 0 Å². The molecule has 0 bridgehead atoms. The van der Waals surface area contributed by atoms with Crippen molar-refractivity contribution in [2.45, 2.75) is 6.61 Å². The molecule has 0 amide bonds. The van der Waals surface area contributed by atoms with Crippen molar-refractivity contribution >= 4 is 5.84 Å². The van der Waals surface area contributed by atoms with Crippen LogP contribution in [0.2, 0.25) is 0 Å². The number of nitrogens with one attached hydrogen (secondary N) is 1. The first-order valence-electron chi connectivity index (χ1n) is 6.32. The fourth-order valence-corrected chi connectivity index (χ4v) is 1.95. The van der Waals surface area contributed by atoms with E-state index in [1.54, 1.807) is 6.20 Å². The van der Waals surface area contributed by atoms with E-state index in [2.05, 4.69) is 15.3 Å². The van der Waals surface area contributed by atoms with Gasteiger partial charge in [0, 0.05) is 30.1 Å². The number of aliphatic imine (C=N–C) groups is 1. The zero-order valence-electron chi connectivity index (χ0n) is 10.5. The van der Waals surface area contributed by atoms with E-state index in [9.17, 15) is 0 Å². The summed E-state index contributed by atoms with van der Waals surface area (Å²) in [7, 11) is 0. The zero-order valence-corrected chi connectivity index (χ0v) is 10.5. The van der Waals surface area contributed by atoms with Gasteiger partial charge in [0.2, 0.25) is 0 Å². The predicted molar refractivity (Wildman–Crippen MR) is 74.4 cm³/mol. The van der Waals surface area contributed by atoms with Crippen LogP contribution in [0.1, 0.15) is 11.1 Å². The van der Waals surface area contributed by atoms with Crippen molar-refractivity contribution < 1.29 is 4.74 Å². The van der Waals surface area contributed by atoms with Gasteiger partial charge in [-0.2, -0.15) is 0 Å². The lowest BCUT2D eigenvalue weighted by atomic mass is 10.2. The van der Waals surface area contributed by atoms with E-state index in [-0.39, 0.29) is 0 Å². The highest BCUT2D eigenvalue weighted by Gasteiger charge is 2.07. The summed E-state index contributed by atoms with van der Waals surface area (Å²) >= 11 is 0. The number of hydrogen-bond acceptors (Lipinski definition) is 4. The molecule has 4 heteroatoms. The Morgan fingerprint density at radius 2 is 2.05 bits per heavy atom. The predicted octanol–water partition coefficient (Wildman–Crippen LogP) is 2.01. The lowest BCUT2D eigenvalue weighted by molar-refractivity contribution is 0.306. The molecule has 0 atom stereocenters. The van der Waals surface area contributed by atoms with Crippen molar-refractivity contribution in [1.82, 2.24) is 10.3 Å². The van der Waals surface area contributed by atoms with Crippen LogP contribution in [0.5, 0.6) is 5.75 Å². The highest BCUT2D eigenvalue weighted by molar-refractivity contribution is 5.99. The Hall–Kier alpha value is -2.36. The Kier molecular flexibility index (Phi) is 3.40. The first-order valence-corrected chi connectivity index (χ1v) is 6.32. The SMILES string of the molecule is c1cncc(COc2ccc(C3=NCCN3)cc2)c1. The first kappa shape index (κ1) is 11.7. The van der Waals surface area contributed by atoms with Crippen LogP contribution >= 0.6 is 0 Å². The molecule has 2 heterocycles. The van der Waals surface area contributed by atoms with Crippen LogP contribution in [-0.2, 0) is 6.61 Å². The summed E-state index contributed by atoms with van der Waals surface area (Å²) in [4.78, 5) is 8.45. The molecule has 3 rings (SSSR count). The van der Waals surface area contributed by atoms with E-state index in [4.69, 9.17) is 4.74 Å². The van der Waals surface area contributed by atoms with Crippen LogP contribution in [0.15, 0.2) is 53.8 Å². The monoisotopic (exact) mass is 253 g/mol. The zero-order chi connectivity index (χ0) is 12.9. The Morgan fingerprint density at radius 1 is 1.16 bits per heavy atom. The summed E-state index contributed by atoms with van der Waals surface area (Å²) in [6, 6.07) is 11.9. The number of pyridine rings is 1. The van der Waals surface area contributed by atoms with Gasteiger partial charge in [0.1, 0.15) is 18.2 Å². The van der Waals surface area contributed by atoms with E-state index < -0.39 is 0 Å². The van der Waals surface area contributed by atoms with Crippen LogP contribution < -0.4 is 10.1 Å². The minimum atomic E-state index is 0.534. The van der Waals surface area contributed by atoms with Crippen molar-refractivity contribution in [2.24, 2.45) is 4.99 Å². The molecule has 1 aromatic heterocycles. The molecular weight excluding hydrogens is 238 g/mol. The van der Waals surface area contributed by atoms with E-state index >= 15 is 0 Å². The number of rotatable bonds is 4. The molecule has 2 aromatic rings. The highest BCUT2D eigenvalue weighted by Crippen LogP contribution is 2.14. The summed E-state index contributed by atoms with van der Waals surface area (Å²) in [6.45, 7) is 2.32. The molecule has 1 aliphatic heterocycles. The van der Waals surface area contributed by atoms with Crippen molar-refractivity contribution in [3.8, 4) is 5.75 Å². The molecule has 0 spiro atoms. The van der Waals surface area contributed by atoms with Gasteiger partial charge in [0.05, 0.1) is 6.54 Å². The van der Waals surface area contributed by atoms with Gasteiger partial charge < -0.3 is 10.1 Å². The van der Waals surface area contributed by atoms with Crippen LogP contribution in [-0.4, -0.2) is 23.9 Å². The van der Waals surface area contributed by atoms with Crippen LogP contribution in [0, 0.1) is 0 Å². The van der Waals surface area contributed by atoms with Gasteiger partial charge >= 0.3 is 0 Å². The van der Waals surface area contributed by atoms with Gasteiger partial charge in [-0.25, -0.2) is 0 Å². The van der Waals surface area contributed by atoms with Gasteiger partial charge in [-0.3, -0.25) is 9.98 Å². The molecule has 1 aromatic carbocycles. The summed E-state index contributed by atoms with van der Waals surface area (Å²) in [6.07, 6.45) is 3.57. The molecule has 0 fully saturated rings. The number of amidine groups is 1. The molecule has 4 nitrogen and oxygen atoms in total. The number of benzene rings is 1. The fourth-order valence-electron chi connectivity index (χ4n) is 1.95. The molecule has 0 aliphatic carbocycles.